The molecule has 1 saturated heterocycles. The molecular weight excluding hydrogens is 272 g/mol. The third kappa shape index (κ3) is 2.16. The Kier molecular flexibility index (Phi) is 2.90. The molecule has 2 aromatic rings. The largest absolute Gasteiger partial charge is 0.344 e. The molecule has 1 fully saturated rings. The van der Waals surface area contributed by atoms with Crippen LogP contribution in [0.2, 0.25) is 5.28 Å². The molecule has 3 rings (SSSR count). The third-order valence-electron chi connectivity index (χ3n) is 2.89. The van der Waals surface area contributed by atoms with Crippen LogP contribution in [0.4, 0.5) is 5.82 Å². The highest BCUT2D eigenvalue weighted by molar-refractivity contribution is 7.17. The number of ether oxygens (including phenoxy) is 1. The average Bonchev–Trinajstić information content (AvgIpc) is 2.74. The molecule has 0 aliphatic carbocycles. The second-order valence-corrected chi connectivity index (χ2v) is 5.93. The van der Waals surface area contributed by atoms with Crippen molar-refractivity contribution < 1.29 is 10.5 Å². The molecule has 0 saturated carbocycles. The van der Waals surface area contributed by atoms with Crippen LogP contribution in [0.3, 0.4) is 0 Å². The number of rotatable bonds is 1. The van der Waals surface area contributed by atoms with Crippen LogP contribution in [0.25, 0.3) is 10.2 Å². The van der Waals surface area contributed by atoms with Gasteiger partial charge in [-0.3, -0.25) is 0 Å². The number of nitrogens with zero attached hydrogens (tertiary/aromatic N) is 3. The summed E-state index contributed by atoms with van der Waals surface area (Å²) in [6.07, 6.45) is 0. The Morgan fingerprint density at radius 1 is 1.56 bits per heavy atom. The lowest BCUT2D eigenvalue weighted by Gasteiger charge is -2.35. The van der Waals surface area contributed by atoms with Crippen molar-refractivity contribution in [2.75, 3.05) is 24.6 Å². The predicted octanol–water partition coefficient (Wildman–Crippen LogP) is 1.14. The van der Waals surface area contributed by atoms with Crippen LogP contribution in [0.5, 0.6) is 0 Å². The maximum absolute atomic E-state index is 5.98. The zero-order valence-electron chi connectivity index (χ0n) is 10.0. The molecule has 96 valence electrons. The maximum Gasteiger partial charge on any atom is 0.224 e. The van der Waals surface area contributed by atoms with Crippen molar-refractivity contribution in [1.82, 2.24) is 9.97 Å². The van der Waals surface area contributed by atoms with Crippen LogP contribution >= 0.6 is 22.9 Å². The average molecular weight is 286 g/mol. The lowest BCUT2D eigenvalue weighted by atomic mass is 10.2. The van der Waals surface area contributed by atoms with Crippen molar-refractivity contribution in [1.29, 1.82) is 0 Å². The zero-order chi connectivity index (χ0) is 12.8. The van der Waals surface area contributed by atoms with E-state index in [1.54, 1.807) is 11.3 Å². The molecule has 3 heterocycles. The number of halogens is 1. The summed E-state index contributed by atoms with van der Waals surface area (Å²) in [7, 11) is 0. The van der Waals surface area contributed by atoms with Crippen LogP contribution < -0.4 is 10.6 Å². The van der Waals surface area contributed by atoms with E-state index in [9.17, 15) is 0 Å². The van der Waals surface area contributed by atoms with Gasteiger partial charge in [0.2, 0.25) is 11.0 Å². The number of thiophene rings is 1. The smallest absolute Gasteiger partial charge is 0.224 e. The van der Waals surface area contributed by atoms with E-state index in [4.69, 9.17) is 16.3 Å². The predicted molar refractivity (Wildman–Crippen MR) is 71.9 cm³/mol. The van der Waals surface area contributed by atoms with E-state index in [0.717, 1.165) is 22.6 Å². The summed E-state index contributed by atoms with van der Waals surface area (Å²) in [5, 5.41) is 2.29. The van der Waals surface area contributed by atoms with Crippen LogP contribution in [0.1, 0.15) is 6.92 Å². The van der Waals surface area contributed by atoms with Gasteiger partial charge in [-0.05, 0) is 23.0 Å². The first-order valence-electron chi connectivity index (χ1n) is 5.70. The molecule has 18 heavy (non-hydrogen) atoms. The minimum absolute atomic E-state index is 0.285. The number of aromatic nitrogens is 2. The van der Waals surface area contributed by atoms with Crippen LogP contribution in [0, 0.1) is 0 Å². The van der Waals surface area contributed by atoms with Gasteiger partial charge in [0.15, 0.2) is 5.82 Å². The van der Waals surface area contributed by atoms with Crippen molar-refractivity contribution in [3.8, 4) is 0 Å². The Bertz CT molecular complexity index is 585. The normalized spacial score (nSPS) is 24.7. The molecule has 0 spiro atoms. The SMILES string of the molecule is CC1([NH3+])CN(c2nc(Cl)nc3ccsc23)CCO1. The standard InChI is InChI=1S/C11H13ClN4OS/c1-11(13)6-16(3-4-17-11)9-8-7(2-5-18-8)14-10(12)15-9/h2,5H,3-4,6,13H2,1H3/p+1. The summed E-state index contributed by atoms with van der Waals surface area (Å²) in [6.45, 7) is 4.13. The monoisotopic (exact) mass is 285 g/mol. The molecule has 0 aromatic carbocycles. The Morgan fingerprint density at radius 2 is 2.39 bits per heavy atom. The Balaban J connectivity index is 2.05. The fourth-order valence-electron chi connectivity index (χ4n) is 2.15. The first-order chi connectivity index (χ1) is 8.55. The van der Waals surface area contributed by atoms with E-state index in [2.05, 4.69) is 20.6 Å². The quantitative estimate of drug-likeness (QED) is 0.798. The molecule has 0 radical (unpaired) electrons. The van der Waals surface area contributed by atoms with E-state index in [1.807, 2.05) is 18.4 Å². The molecule has 0 bridgehead atoms. The molecule has 7 heteroatoms. The summed E-state index contributed by atoms with van der Waals surface area (Å²) in [4.78, 5) is 10.8. The second-order valence-electron chi connectivity index (χ2n) is 4.67. The van der Waals surface area contributed by atoms with E-state index < -0.39 is 5.72 Å². The Hall–Kier alpha value is -0.950. The molecular formula is C11H14ClN4OS+. The summed E-state index contributed by atoms with van der Waals surface area (Å²) < 4.78 is 6.68. The Labute approximate surface area is 114 Å². The molecule has 1 atom stereocenters. The lowest BCUT2D eigenvalue weighted by molar-refractivity contribution is -0.548. The number of hydrogen-bond donors (Lipinski definition) is 1. The van der Waals surface area contributed by atoms with Gasteiger partial charge in [-0.1, -0.05) is 0 Å². The van der Waals surface area contributed by atoms with Gasteiger partial charge in [0.25, 0.3) is 0 Å². The van der Waals surface area contributed by atoms with Gasteiger partial charge in [-0.15, -0.1) is 11.3 Å². The van der Waals surface area contributed by atoms with E-state index in [1.165, 1.54) is 0 Å². The molecule has 2 aromatic heterocycles. The van der Waals surface area contributed by atoms with E-state index >= 15 is 0 Å². The summed E-state index contributed by atoms with van der Waals surface area (Å²) in [5.41, 5.74) is 4.55. The molecule has 1 aliphatic heterocycles. The van der Waals surface area contributed by atoms with Crippen molar-refractivity contribution in [3.63, 3.8) is 0 Å². The second kappa shape index (κ2) is 4.31. The Morgan fingerprint density at radius 3 is 3.17 bits per heavy atom. The first kappa shape index (κ1) is 12.1. The van der Waals surface area contributed by atoms with Crippen LogP contribution in [-0.4, -0.2) is 35.4 Å². The number of anilines is 1. The van der Waals surface area contributed by atoms with Gasteiger partial charge < -0.3 is 15.4 Å². The highest BCUT2D eigenvalue weighted by Gasteiger charge is 2.33. The molecule has 1 unspecified atom stereocenters. The minimum atomic E-state index is -0.404. The number of quaternary nitrogens is 1. The summed E-state index contributed by atoms with van der Waals surface area (Å²) in [5.74, 6) is 0.887. The number of fused-ring (bicyclic) bond motifs is 1. The van der Waals surface area contributed by atoms with Crippen molar-refractivity contribution in [2.24, 2.45) is 0 Å². The minimum Gasteiger partial charge on any atom is -0.344 e. The zero-order valence-corrected chi connectivity index (χ0v) is 11.6. The highest BCUT2D eigenvalue weighted by Crippen LogP contribution is 2.31. The van der Waals surface area contributed by atoms with E-state index in [-0.39, 0.29) is 5.28 Å². The fraction of sp³-hybridized carbons (Fsp3) is 0.455. The lowest BCUT2D eigenvalue weighted by Crippen LogP contribution is -2.78. The van der Waals surface area contributed by atoms with Gasteiger partial charge in [0, 0.05) is 13.5 Å². The molecule has 5 nitrogen and oxygen atoms in total. The summed E-state index contributed by atoms with van der Waals surface area (Å²) in [6, 6.07) is 1.96. The van der Waals surface area contributed by atoms with Gasteiger partial charge in [0.1, 0.15) is 6.54 Å². The maximum atomic E-state index is 5.98. The first-order valence-corrected chi connectivity index (χ1v) is 6.96. The highest BCUT2D eigenvalue weighted by atomic mass is 35.5. The fourth-order valence-corrected chi connectivity index (χ4v) is 3.16. The molecule has 3 N–H and O–H groups in total. The third-order valence-corrected chi connectivity index (χ3v) is 3.96. The van der Waals surface area contributed by atoms with Crippen molar-refractivity contribution in [3.05, 3.63) is 16.7 Å². The van der Waals surface area contributed by atoms with Crippen molar-refractivity contribution >= 4 is 39.0 Å². The van der Waals surface area contributed by atoms with Gasteiger partial charge in [-0.2, -0.15) is 4.98 Å². The molecule has 0 amide bonds. The van der Waals surface area contributed by atoms with Crippen LogP contribution in [0.15, 0.2) is 11.4 Å². The molecule has 1 aliphatic rings. The topological polar surface area (TPSA) is 65.9 Å². The summed E-state index contributed by atoms with van der Waals surface area (Å²) >= 11 is 7.61. The van der Waals surface area contributed by atoms with Gasteiger partial charge in [0.05, 0.1) is 16.8 Å². The van der Waals surface area contributed by atoms with Crippen molar-refractivity contribution in [2.45, 2.75) is 12.6 Å². The van der Waals surface area contributed by atoms with Gasteiger partial charge in [-0.25, -0.2) is 4.98 Å². The number of hydrogen-bond acceptors (Lipinski definition) is 5. The number of morpholine rings is 1. The van der Waals surface area contributed by atoms with Gasteiger partial charge >= 0.3 is 0 Å². The van der Waals surface area contributed by atoms with E-state index in [0.29, 0.717) is 13.2 Å². The van der Waals surface area contributed by atoms with Crippen LogP contribution in [-0.2, 0) is 4.74 Å².